The molecule has 0 aliphatic heterocycles. The summed E-state index contributed by atoms with van der Waals surface area (Å²) in [4.78, 5) is 0. The van der Waals surface area contributed by atoms with Crippen LogP contribution in [0.1, 0.15) is 58.8 Å². The van der Waals surface area contributed by atoms with Crippen molar-refractivity contribution < 1.29 is 9.47 Å². The molecule has 2 unspecified atom stereocenters. The highest BCUT2D eigenvalue weighted by Crippen LogP contribution is 2.14. The minimum atomic E-state index is -0.0598. The molecule has 0 bridgehead atoms. The Bertz CT molecular complexity index is 195. The Morgan fingerprint density at radius 3 is 2.44 bits per heavy atom. The van der Waals surface area contributed by atoms with Gasteiger partial charge in [0, 0.05) is 12.5 Å². The normalized spacial score (nSPS) is 15.1. The van der Waals surface area contributed by atoms with Crippen LogP contribution in [0.5, 0.6) is 0 Å². The molecule has 3 heteroatoms. The molecule has 0 aliphatic rings. The van der Waals surface area contributed by atoms with E-state index < -0.39 is 0 Å². The van der Waals surface area contributed by atoms with E-state index in [1.807, 2.05) is 0 Å². The van der Waals surface area contributed by atoms with Crippen molar-refractivity contribution in [3.8, 4) is 0 Å². The minimum absolute atomic E-state index is 0.0598. The maximum atomic E-state index is 6.08. The summed E-state index contributed by atoms with van der Waals surface area (Å²) < 4.78 is 11.0. The summed E-state index contributed by atoms with van der Waals surface area (Å²) in [6.45, 7) is 5.00. The molecule has 0 radical (unpaired) electrons. The molecule has 108 valence electrons. The van der Waals surface area contributed by atoms with Crippen molar-refractivity contribution in [3.05, 3.63) is 12.2 Å². The summed E-state index contributed by atoms with van der Waals surface area (Å²) in [6.07, 6.45) is 11.7. The quantitative estimate of drug-likeness (QED) is 0.218. The van der Waals surface area contributed by atoms with Crippen LogP contribution < -0.4 is 0 Å². The molecule has 0 aromatic carbocycles. The molecule has 0 aromatic rings. The number of hydrogen-bond acceptors (Lipinski definition) is 2. The van der Waals surface area contributed by atoms with Gasteiger partial charge in [-0.3, -0.25) is 0 Å². The second kappa shape index (κ2) is 13.4. The van der Waals surface area contributed by atoms with Gasteiger partial charge in [0.1, 0.15) is 0 Å². The van der Waals surface area contributed by atoms with Gasteiger partial charge in [-0.2, -0.15) is 0 Å². The van der Waals surface area contributed by atoms with Crippen molar-refractivity contribution in [1.29, 1.82) is 0 Å². The molecule has 0 rings (SSSR count). The molecule has 0 saturated heterocycles. The van der Waals surface area contributed by atoms with Gasteiger partial charge in [-0.05, 0) is 38.5 Å². The second-order valence-corrected chi connectivity index (χ2v) is 5.11. The summed E-state index contributed by atoms with van der Waals surface area (Å²) >= 11 is 6.08. The first-order valence-corrected chi connectivity index (χ1v) is 7.61. The first kappa shape index (κ1) is 17.9. The fourth-order valence-electron chi connectivity index (χ4n) is 1.70. The fourth-order valence-corrected chi connectivity index (χ4v) is 1.86. The van der Waals surface area contributed by atoms with Crippen LogP contribution in [-0.2, 0) is 9.47 Å². The average Bonchev–Trinajstić information content (AvgIpc) is 2.40. The fraction of sp³-hybridized carbons (Fsp3) is 0.867. The topological polar surface area (TPSA) is 18.5 Å². The van der Waals surface area contributed by atoms with Crippen LogP contribution >= 0.6 is 11.6 Å². The van der Waals surface area contributed by atoms with E-state index in [1.165, 1.54) is 0 Å². The van der Waals surface area contributed by atoms with E-state index in [-0.39, 0.29) is 6.29 Å². The van der Waals surface area contributed by atoms with Crippen molar-refractivity contribution in [2.24, 2.45) is 0 Å². The first-order valence-electron chi connectivity index (χ1n) is 7.18. The van der Waals surface area contributed by atoms with E-state index in [9.17, 15) is 0 Å². The largest absolute Gasteiger partial charge is 0.356 e. The predicted octanol–water partition coefficient (Wildman–Crippen LogP) is 4.91. The van der Waals surface area contributed by atoms with Crippen LogP contribution in [0.4, 0.5) is 0 Å². The molecular weight excluding hydrogens is 248 g/mol. The molecule has 0 fully saturated rings. The molecule has 0 aliphatic carbocycles. The maximum Gasteiger partial charge on any atom is 0.157 e. The lowest BCUT2D eigenvalue weighted by Crippen LogP contribution is -2.16. The van der Waals surface area contributed by atoms with Gasteiger partial charge in [-0.25, -0.2) is 0 Å². The highest BCUT2D eigenvalue weighted by molar-refractivity contribution is 6.20. The van der Waals surface area contributed by atoms with Crippen molar-refractivity contribution in [1.82, 2.24) is 0 Å². The first-order chi connectivity index (χ1) is 8.74. The number of methoxy groups -OCH3 is 1. The maximum absolute atomic E-state index is 6.08. The van der Waals surface area contributed by atoms with Crippen LogP contribution in [0.2, 0.25) is 0 Å². The number of allylic oxidation sites excluding steroid dienone is 1. The Hall–Kier alpha value is -0.0500. The zero-order chi connectivity index (χ0) is 13.6. The van der Waals surface area contributed by atoms with Gasteiger partial charge in [0.15, 0.2) is 6.29 Å². The summed E-state index contributed by atoms with van der Waals surface area (Å²) in [7, 11) is 1.71. The molecule has 0 N–H and O–H groups in total. The molecule has 0 amide bonds. The number of rotatable bonds is 12. The molecule has 0 aromatic heterocycles. The lowest BCUT2D eigenvalue weighted by atomic mass is 10.1. The van der Waals surface area contributed by atoms with Crippen LogP contribution in [0, 0.1) is 0 Å². The van der Waals surface area contributed by atoms with E-state index in [0.29, 0.717) is 5.38 Å². The minimum Gasteiger partial charge on any atom is -0.356 e. The predicted molar refractivity (Wildman–Crippen MR) is 79.2 cm³/mol. The number of halogens is 1. The standard InChI is InChI=1S/C15H29ClO2/c1-4-6-7-10-13-18-15(17-3)12-9-8-11-14(16)5-2/h6-7,14-15H,4-5,8-13H2,1-3H3. The van der Waals surface area contributed by atoms with Gasteiger partial charge in [-0.15, -0.1) is 11.6 Å². The molecule has 2 atom stereocenters. The Morgan fingerprint density at radius 2 is 1.83 bits per heavy atom. The van der Waals surface area contributed by atoms with Crippen molar-refractivity contribution in [2.45, 2.75) is 70.5 Å². The van der Waals surface area contributed by atoms with Gasteiger partial charge < -0.3 is 9.47 Å². The molecule has 0 saturated carbocycles. The average molecular weight is 277 g/mol. The third-order valence-corrected chi connectivity index (χ3v) is 3.43. The number of alkyl halides is 1. The van der Waals surface area contributed by atoms with Crippen LogP contribution in [-0.4, -0.2) is 25.4 Å². The zero-order valence-electron chi connectivity index (χ0n) is 12.2. The summed E-state index contributed by atoms with van der Waals surface area (Å²) in [6, 6.07) is 0. The monoisotopic (exact) mass is 276 g/mol. The Kier molecular flexibility index (Phi) is 13.3. The van der Waals surface area contributed by atoms with Crippen molar-refractivity contribution in [2.75, 3.05) is 13.7 Å². The van der Waals surface area contributed by atoms with E-state index >= 15 is 0 Å². The van der Waals surface area contributed by atoms with Crippen molar-refractivity contribution in [3.63, 3.8) is 0 Å². The lowest BCUT2D eigenvalue weighted by Gasteiger charge is -2.16. The number of hydrogen-bond donors (Lipinski definition) is 0. The van der Waals surface area contributed by atoms with Crippen LogP contribution in [0.25, 0.3) is 0 Å². The van der Waals surface area contributed by atoms with Gasteiger partial charge in [0.25, 0.3) is 0 Å². The van der Waals surface area contributed by atoms with E-state index in [1.54, 1.807) is 7.11 Å². The molecule has 2 nitrogen and oxygen atoms in total. The molecule has 0 heterocycles. The molecule has 0 spiro atoms. The second-order valence-electron chi connectivity index (χ2n) is 4.49. The Labute approximate surface area is 118 Å². The van der Waals surface area contributed by atoms with Gasteiger partial charge in [0.05, 0.1) is 6.61 Å². The molecule has 18 heavy (non-hydrogen) atoms. The Balaban J connectivity index is 3.49. The summed E-state index contributed by atoms with van der Waals surface area (Å²) in [5, 5.41) is 0.325. The summed E-state index contributed by atoms with van der Waals surface area (Å²) in [5.41, 5.74) is 0. The number of ether oxygens (including phenoxy) is 2. The van der Waals surface area contributed by atoms with Gasteiger partial charge in [-0.1, -0.05) is 32.4 Å². The highest BCUT2D eigenvalue weighted by atomic mass is 35.5. The third-order valence-electron chi connectivity index (χ3n) is 2.90. The van der Waals surface area contributed by atoms with E-state index in [4.69, 9.17) is 21.1 Å². The van der Waals surface area contributed by atoms with E-state index in [0.717, 1.165) is 51.6 Å². The Morgan fingerprint density at radius 1 is 1.11 bits per heavy atom. The lowest BCUT2D eigenvalue weighted by molar-refractivity contribution is -0.127. The van der Waals surface area contributed by atoms with Gasteiger partial charge in [0.2, 0.25) is 0 Å². The van der Waals surface area contributed by atoms with Crippen LogP contribution in [0.3, 0.4) is 0 Å². The third kappa shape index (κ3) is 11.1. The van der Waals surface area contributed by atoms with Crippen LogP contribution in [0.15, 0.2) is 12.2 Å². The van der Waals surface area contributed by atoms with E-state index in [2.05, 4.69) is 26.0 Å². The highest BCUT2D eigenvalue weighted by Gasteiger charge is 2.07. The molecular formula is C15H29ClO2. The summed E-state index contributed by atoms with van der Waals surface area (Å²) in [5.74, 6) is 0. The van der Waals surface area contributed by atoms with Crippen molar-refractivity contribution >= 4 is 11.6 Å². The zero-order valence-corrected chi connectivity index (χ0v) is 12.9. The number of unbranched alkanes of at least 4 members (excludes halogenated alkanes) is 1. The van der Waals surface area contributed by atoms with Gasteiger partial charge >= 0.3 is 0 Å². The smallest absolute Gasteiger partial charge is 0.157 e. The SMILES string of the molecule is CCC=CCCOC(CCCCC(Cl)CC)OC.